The number of carbonyl (C=O) groups excluding carboxylic acids is 1. The summed E-state index contributed by atoms with van der Waals surface area (Å²) in [6, 6.07) is 13.7. The fraction of sp³-hybridized carbons (Fsp3) is 0.280. The monoisotopic (exact) mass is 449 g/mol. The smallest absolute Gasteiger partial charge is 0.340 e. The van der Waals surface area contributed by atoms with Gasteiger partial charge in [0.25, 0.3) is 0 Å². The van der Waals surface area contributed by atoms with E-state index >= 15 is 0 Å². The van der Waals surface area contributed by atoms with Crippen LogP contribution in [-0.4, -0.2) is 41.2 Å². The molecule has 0 spiro atoms. The maximum Gasteiger partial charge on any atom is 0.340 e. The van der Waals surface area contributed by atoms with Crippen LogP contribution in [0.25, 0.3) is 10.9 Å². The number of carbonyl (C=O) groups is 1. The Balaban J connectivity index is 2.34. The van der Waals surface area contributed by atoms with Gasteiger partial charge in [0.05, 0.1) is 23.3 Å². The van der Waals surface area contributed by atoms with Gasteiger partial charge < -0.3 is 19.3 Å². The van der Waals surface area contributed by atoms with Gasteiger partial charge in [0.2, 0.25) is 0 Å². The average molecular weight is 450 g/mol. The van der Waals surface area contributed by atoms with E-state index < -0.39 is 5.97 Å². The van der Waals surface area contributed by atoms with Crippen LogP contribution in [0.3, 0.4) is 0 Å². The van der Waals surface area contributed by atoms with E-state index in [1.807, 2.05) is 53.9 Å². The van der Waals surface area contributed by atoms with Crippen LogP contribution in [0.5, 0.6) is 5.75 Å². The van der Waals surface area contributed by atoms with Gasteiger partial charge in [0, 0.05) is 40.4 Å². The Morgan fingerprint density at radius 2 is 2.06 bits per heavy atom. The van der Waals surface area contributed by atoms with Gasteiger partial charge in [-0.3, -0.25) is 0 Å². The topological polar surface area (TPSA) is 78.5 Å². The van der Waals surface area contributed by atoms with Gasteiger partial charge in [0.1, 0.15) is 11.8 Å². The highest BCUT2D eigenvalue weighted by Crippen LogP contribution is 2.39. The fourth-order valence-corrected chi connectivity index (χ4v) is 4.72. The Hall–Kier alpha value is -3.21. The molecule has 1 N–H and O–H groups in total. The number of allylic oxidation sites excluding steroid dienone is 1. The molecule has 3 aromatic rings. The Labute approximate surface area is 192 Å². The first-order valence-electron chi connectivity index (χ1n) is 10.3. The number of hydrogen-bond acceptors (Lipinski definition) is 6. The molecule has 0 aliphatic heterocycles. The van der Waals surface area contributed by atoms with E-state index in [1.165, 1.54) is 0 Å². The van der Waals surface area contributed by atoms with Gasteiger partial charge in [0.15, 0.2) is 0 Å². The number of aromatic nitrogens is 1. The average Bonchev–Trinajstić information content (AvgIpc) is 3.08. The molecule has 0 saturated carbocycles. The SMILES string of the molecule is C=CCn1c(CSc2ccccc2)c(C(=O)OCC)c2c(CN(C)C)c(O)c(C#N)cc21. The van der Waals surface area contributed by atoms with Crippen LogP contribution in [0.15, 0.2) is 53.9 Å². The first kappa shape index (κ1) is 23.5. The van der Waals surface area contributed by atoms with Crippen molar-refractivity contribution in [2.45, 2.75) is 30.7 Å². The first-order chi connectivity index (χ1) is 15.4. The Bertz CT molecular complexity index is 1180. The number of rotatable bonds is 9. The van der Waals surface area contributed by atoms with Crippen molar-refractivity contribution in [1.82, 2.24) is 9.47 Å². The maximum absolute atomic E-state index is 13.2. The molecule has 0 aliphatic carbocycles. The van der Waals surface area contributed by atoms with Gasteiger partial charge in [-0.1, -0.05) is 24.3 Å². The van der Waals surface area contributed by atoms with Crippen molar-refractivity contribution in [1.29, 1.82) is 5.26 Å². The highest BCUT2D eigenvalue weighted by molar-refractivity contribution is 7.98. The second kappa shape index (κ2) is 10.4. The number of aromatic hydroxyl groups is 1. The lowest BCUT2D eigenvalue weighted by atomic mass is 10.00. The minimum atomic E-state index is -0.437. The Morgan fingerprint density at radius 1 is 1.34 bits per heavy atom. The molecule has 32 heavy (non-hydrogen) atoms. The van der Waals surface area contributed by atoms with E-state index in [4.69, 9.17) is 4.74 Å². The minimum Gasteiger partial charge on any atom is -0.506 e. The number of esters is 1. The van der Waals surface area contributed by atoms with Crippen molar-refractivity contribution in [2.75, 3.05) is 20.7 Å². The molecule has 6 nitrogen and oxygen atoms in total. The second-order valence-electron chi connectivity index (χ2n) is 7.54. The predicted octanol–water partition coefficient (Wildman–Crippen LogP) is 4.94. The number of phenols is 1. The summed E-state index contributed by atoms with van der Waals surface area (Å²) in [5, 5.41) is 21.1. The van der Waals surface area contributed by atoms with Gasteiger partial charge in [-0.05, 0) is 39.2 Å². The lowest BCUT2D eigenvalue weighted by molar-refractivity contribution is 0.0527. The second-order valence-corrected chi connectivity index (χ2v) is 8.59. The van der Waals surface area contributed by atoms with Crippen LogP contribution in [0.2, 0.25) is 0 Å². The zero-order valence-electron chi connectivity index (χ0n) is 18.6. The van der Waals surface area contributed by atoms with E-state index in [0.29, 0.717) is 40.9 Å². The van der Waals surface area contributed by atoms with Crippen LogP contribution in [0, 0.1) is 11.3 Å². The lowest BCUT2D eigenvalue weighted by Gasteiger charge is -2.15. The fourth-order valence-electron chi connectivity index (χ4n) is 3.76. The summed E-state index contributed by atoms with van der Waals surface area (Å²) < 4.78 is 7.42. The van der Waals surface area contributed by atoms with E-state index in [1.54, 1.807) is 30.8 Å². The van der Waals surface area contributed by atoms with Crippen LogP contribution in [0.4, 0.5) is 0 Å². The third kappa shape index (κ3) is 4.67. The van der Waals surface area contributed by atoms with Crippen LogP contribution < -0.4 is 0 Å². The summed E-state index contributed by atoms with van der Waals surface area (Å²) in [4.78, 5) is 16.2. The van der Waals surface area contributed by atoms with E-state index in [-0.39, 0.29) is 17.9 Å². The van der Waals surface area contributed by atoms with Crippen molar-refractivity contribution < 1.29 is 14.6 Å². The minimum absolute atomic E-state index is 0.0998. The molecule has 3 rings (SSSR count). The molecule has 0 atom stereocenters. The van der Waals surface area contributed by atoms with Gasteiger partial charge in [-0.15, -0.1) is 18.3 Å². The quantitative estimate of drug-likeness (QED) is 0.283. The number of fused-ring (bicyclic) bond motifs is 1. The molecule has 1 heterocycles. The number of hydrogen-bond donors (Lipinski definition) is 1. The van der Waals surface area contributed by atoms with Crippen molar-refractivity contribution in [3.8, 4) is 11.8 Å². The van der Waals surface area contributed by atoms with Crippen LogP contribution in [0.1, 0.15) is 34.1 Å². The molecule has 7 heteroatoms. The molecule has 2 aromatic carbocycles. The molecule has 1 aromatic heterocycles. The molecular weight excluding hydrogens is 422 g/mol. The molecule has 166 valence electrons. The number of thioether (sulfide) groups is 1. The first-order valence-corrected chi connectivity index (χ1v) is 11.3. The van der Waals surface area contributed by atoms with Crippen molar-refractivity contribution in [3.05, 3.63) is 71.4 Å². The molecule has 0 radical (unpaired) electrons. The zero-order valence-corrected chi connectivity index (χ0v) is 19.4. The molecule has 0 unspecified atom stereocenters. The summed E-state index contributed by atoms with van der Waals surface area (Å²) in [7, 11) is 3.75. The van der Waals surface area contributed by atoms with Crippen molar-refractivity contribution in [2.24, 2.45) is 0 Å². The summed E-state index contributed by atoms with van der Waals surface area (Å²) >= 11 is 1.61. The van der Waals surface area contributed by atoms with E-state index in [2.05, 4.69) is 12.6 Å². The zero-order chi connectivity index (χ0) is 23.3. The number of ether oxygens (including phenoxy) is 1. The normalized spacial score (nSPS) is 11.0. The van der Waals surface area contributed by atoms with Gasteiger partial charge in [-0.25, -0.2) is 4.79 Å². The maximum atomic E-state index is 13.2. The molecule has 0 fully saturated rings. The number of nitrogens with zero attached hydrogens (tertiary/aromatic N) is 3. The number of nitriles is 1. The summed E-state index contributed by atoms with van der Waals surface area (Å²) in [6.07, 6.45) is 1.76. The number of phenolic OH excluding ortho intramolecular Hbond substituents is 1. The highest BCUT2D eigenvalue weighted by atomic mass is 32.2. The van der Waals surface area contributed by atoms with E-state index in [0.717, 1.165) is 10.6 Å². The lowest BCUT2D eigenvalue weighted by Crippen LogP contribution is -2.13. The van der Waals surface area contributed by atoms with E-state index in [9.17, 15) is 15.2 Å². The molecule has 0 bridgehead atoms. The standard InChI is InChI=1S/C25H27N3O3S/c1-5-12-28-20-13-17(14-26)24(29)19(15-27(3)4)22(20)23(25(30)31-6-2)21(28)16-32-18-10-8-7-9-11-18/h5,7-11,13,29H,1,6,12,15-16H2,2-4H3. The summed E-state index contributed by atoms with van der Waals surface area (Å²) in [5.41, 5.74) is 2.64. The third-order valence-corrected chi connectivity index (χ3v) is 6.06. The number of benzene rings is 2. The van der Waals surface area contributed by atoms with Crippen LogP contribution in [-0.2, 0) is 23.6 Å². The third-order valence-electron chi connectivity index (χ3n) is 5.04. The molecule has 0 amide bonds. The van der Waals surface area contributed by atoms with Gasteiger partial charge >= 0.3 is 5.97 Å². The Morgan fingerprint density at radius 3 is 2.66 bits per heavy atom. The molecular formula is C25H27N3O3S. The summed E-state index contributed by atoms with van der Waals surface area (Å²) in [5.74, 6) is -0.0181. The predicted molar refractivity (Wildman–Crippen MR) is 128 cm³/mol. The molecule has 0 saturated heterocycles. The van der Waals surface area contributed by atoms with Crippen LogP contribution >= 0.6 is 11.8 Å². The molecule has 0 aliphatic rings. The van der Waals surface area contributed by atoms with Crippen molar-refractivity contribution in [3.63, 3.8) is 0 Å². The van der Waals surface area contributed by atoms with Crippen molar-refractivity contribution >= 4 is 28.6 Å². The highest BCUT2D eigenvalue weighted by Gasteiger charge is 2.28. The summed E-state index contributed by atoms with van der Waals surface area (Å²) in [6.45, 7) is 6.71. The van der Waals surface area contributed by atoms with Gasteiger partial charge in [-0.2, -0.15) is 5.26 Å². The Kier molecular flexibility index (Phi) is 7.62. The largest absolute Gasteiger partial charge is 0.506 e.